The Balaban J connectivity index is -0.0000000473. The van der Waals surface area contributed by atoms with E-state index in [1.165, 1.54) is 238 Å². The molecule has 0 amide bonds. The van der Waals surface area contributed by atoms with E-state index in [4.69, 9.17) is 56.8 Å². The van der Waals surface area contributed by atoms with Gasteiger partial charge in [-0.15, -0.1) is 0 Å². The van der Waals surface area contributed by atoms with E-state index in [0.29, 0.717) is 20.2 Å². The Hall–Kier alpha value is 13.8. The fraction of sp³-hybridized carbons (Fsp3) is 0.899. The summed E-state index contributed by atoms with van der Waals surface area (Å²) in [6.07, 6.45) is 19.3. The molecule has 0 aliphatic carbocycles. The van der Waals surface area contributed by atoms with E-state index in [1.807, 2.05) is 0 Å². The Labute approximate surface area is 1170 Å². The van der Waals surface area contributed by atoms with Gasteiger partial charge in [0, 0.05) is 294 Å². The fourth-order valence-corrected chi connectivity index (χ4v) is 14.4. The number of nitrogens with one attached hydrogen (secondary N) is 18. The van der Waals surface area contributed by atoms with Crippen molar-refractivity contribution >= 4 is 37.3 Å². The Bertz CT molecular complexity index is 2040. The van der Waals surface area contributed by atoms with E-state index in [-0.39, 0.29) is 339 Å². The molecule has 807 valence electrons. The van der Waals surface area contributed by atoms with Gasteiger partial charge in [-0.2, -0.15) is 0 Å². The molecule has 0 atom stereocenters. The largest absolute Gasteiger partial charge is 0 e. The van der Waals surface area contributed by atoms with E-state index in [1.54, 1.807) is 0 Å². The molecule has 0 spiro atoms. The predicted molar refractivity (Wildman–Crippen MR) is 525 cm³/mol. The number of rotatable bonds is 86. The van der Waals surface area contributed by atoms with Crippen LogP contribution in [0.1, 0.15) is 278 Å². The second-order valence-corrected chi connectivity index (χ2v) is 38.7. The summed E-state index contributed by atoms with van der Waals surface area (Å²) in [5.41, 5.74) is 0. The van der Waals surface area contributed by atoms with Crippen molar-refractivity contribution in [1.82, 2.24) is 95.7 Å². The van der Waals surface area contributed by atoms with Gasteiger partial charge in [0.1, 0.15) is 0 Å². The number of ether oxygens (including phenoxy) is 12. The molecule has 0 bridgehead atoms. The van der Waals surface area contributed by atoms with Crippen LogP contribution in [0.5, 0.6) is 0 Å². The third-order valence-electron chi connectivity index (χ3n) is 13.5. The molecule has 0 aliphatic rings. The van der Waals surface area contributed by atoms with Crippen molar-refractivity contribution in [1.29, 1.82) is 0 Å². The molecule has 0 aromatic heterocycles. The first-order valence-electron chi connectivity index (χ1n) is 45.4. The molecule has 0 aliphatic heterocycles. The first-order chi connectivity index (χ1) is 59.3. The summed E-state index contributed by atoms with van der Waals surface area (Å²) in [5, 5.41) is 58.4. The SMILES string of the molecule is C.C.C.C.C.C.CCCCOCCN[C](=[W])NCC.CCCCOCCN[C](=[W])NCCOCCC.CCCCOCCN[C](=[W])NCOCCCC.CCCCOCN[C](=[W])NCCOCCC.CCCOCCN[C](=[W])NCC.CCCOCCN[C](=[W])NCC.CCCOCCN[C](=[W])NCCOCCC.CCCOCN[C](=[W])NCC.CCN[C](=[W])NCC.[Y].[Y].[Y].[Y].[Y].[Y].[Y].[Y].[Y]. The molecule has 137 heavy (non-hydrogen) atoms. The quantitative estimate of drug-likeness (QED) is 0.0199. The molecular weight excluding hydrogens is 3970 g/mol. The third kappa shape index (κ3) is 236. The van der Waals surface area contributed by atoms with Crippen LogP contribution >= 0.6 is 0 Å². The molecule has 0 saturated carbocycles. The molecule has 9 radical (unpaired) electrons. The zero-order valence-electron chi connectivity index (χ0n) is 84.9. The molecule has 0 saturated heterocycles. The molecule has 30 nitrogen and oxygen atoms in total. The number of hydrogen-bond acceptors (Lipinski definition) is 30. The maximum atomic E-state index is 5.46. The Morgan fingerprint density at radius 2 is 0.248 bits per heavy atom. The van der Waals surface area contributed by atoms with Crippen LogP contribution in [0.2, 0.25) is 0 Å². The number of unbranched alkanes of at least 4 members (excludes halogenated alkanes) is 5. The predicted octanol–water partition coefficient (Wildman–Crippen LogP) is 9.05. The summed E-state index contributed by atoms with van der Waals surface area (Å²) < 4.78 is 75.1. The third-order valence-corrected chi connectivity index (χ3v) is 22.8. The summed E-state index contributed by atoms with van der Waals surface area (Å²) >= 11 is 12.9. The minimum atomic E-state index is 0. The van der Waals surface area contributed by atoms with Crippen LogP contribution in [-0.4, -0.2) is 294 Å². The van der Waals surface area contributed by atoms with Crippen LogP contribution in [0.3, 0.4) is 0 Å². The summed E-state index contributed by atoms with van der Waals surface area (Å²) in [6.45, 7) is 71.4. The maximum Gasteiger partial charge on any atom is 0 e. The van der Waals surface area contributed by atoms with Crippen LogP contribution < -0.4 is 95.7 Å². The molecule has 0 rings (SSSR count). The van der Waals surface area contributed by atoms with Crippen LogP contribution in [0.4, 0.5) is 0 Å². The van der Waals surface area contributed by atoms with Gasteiger partial charge < -0.3 is 0 Å². The average molecular weight is 4180 g/mol. The van der Waals surface area contributed by atoms with E-state index < -0.39 is 0 Å². The van der Waals surface area contributed by atoms with Crippen LogP contribution in [-0.2, 0) is 525 Å². The summed E-state index contributed by atoms with van der Waals surface area (Å²) in [4.78, 5) is 0. The van der Waals surface area contributed by atoms with Crippen LogP contribution in [0, 0.1) is 0 Å². The van der Waals surface area contributed by atoms with Crippen molar-refractivity contribution in [2.75, 3.05) is 257 Å². The Morgan fingerprint density at radius 1 is 0.139 bits per heavy atom. The Morgan fingerprint density at radius 3 is 0.394 bits per heavy atom. The van der Waals surface area contributed by atoms with Gasteiger partial charge in [0.2, 0.25) is 0 Å². The minimum Gasteiger partial charge on any atom is 0 e. The van der Waals surface area contributed by atoms with Gasteiger partial charge >= 0.3 is 855 Å². The first kappa shape index (κ1) is 210. The van der Waals surface area contributed by atoms with Gasteiger partial charge in [0.05, 0.1) is 0 Å². The molecule has 0 heterocycles. The molecule has 48 heteroatoms. The number of hydrogen-bond donors (Lipinski definition) is 18. The summed E-state index contributed by atoms with van der Waals surface area (Å²) in [7, 11) is 0. The fourth-order valence-electron chi connectivity index (χ4n) is 7.38. The minimum absolute atomic E-state index is 0. The molecule has 0 unspecified atom stereocenters. The van der Waals surface area contributed by atoms with Gasteiger partial charge in [-0.05, 0) is 0 Å². The van der Waals surface area contributed by atoms with Crippen molar-refractivity contribution in [3.05, 3.63) is 0 Å². The zero-order chi connectivity index (χ0) is 93.0. The monoisotopic (exact) mass is 4180 g/mol. The van der Waals surface area contributed by atoms with Crippen molar-refractivity contribution in [3.8, 4) is 0 Å². The van der Waals surface area contributed by atoms with Gasteiger partial charge in [-0.3, -0.25) is 0 Å². The zero-order valence-corrected chi connectivity index (χ0v) is 137. The van der Waals surface area contributed by atoms with Crippen molar-refractivity contribution in [3.63, 3.8) is 0 Å². The van der Waals surface area contributed by atoms with Gasteiger partial charge in [0.25, 0.3) is 0 Å². The second kappa shape index (κ2) is 206. The molecule has 0 aromatic carbocycles. The van der Waals surface area contributed by atoms with Crippen molar-refractivity contribution in [2.45, 2.75) is 278 Å². The first-order valence-corrected chi connectivity index (χ1v) is 58.6. The van der Waals surface area contributed by atoms with E-state index in [2.05, 4.69) is 220 Å². The van der Waals surface area contributed by atoms with E-state index >= 15 is 0 Å². The van der Waals surface area contributed by atoms with Gasteiger partial charge in [-0.1, -0.05) is 44.6 Å². The summed E-state index contributed by atoms with van der Waals surface area (Å²) in [5.74, 6) is 0. The maximum absolute atomic E-state index is 5.46. The molecule has 0 aromatic rings. The van der Waals surface area contributed by atoms with Gasteiger partial charge in [0.15, 0.2) is 0 Å². The van der Waals surface area contributed by atoms with Gasteiger partial charge in [-0.25, -0.2) is 0 Å². The van der Waals surface area contributed by atoms with E-state index in [9.17, 15) is 0 Å². The Kier molecular flexibility index (Phi) is 317. The van der Waals surface area contributed by atoms with E-state index in [0.717, 1.165) is 320 Å². The molecule has 0 fully saturated rings. The van der Waals surface area contributed by atoms with Crippen LogP contribution in [0.25, 0.3) is 0 Å². The molecular formula is C89H208N18O12W9Y9. The van der Waals surface area contributed by atoms with Crippen molar-refractivity contribution < 1.29 is 525 Å². The van der Waals surface area contributed by atoms with Crippen molar-refractivity contribution in [2.24, 2.45) is 0 Å². The van der Waals surface area contributed by atoms with Crippen LogP contribution in [0.15, 0.2) is 0 Å². The average Bonchev–Trinajstić information content (AvgIpc) is 1.04. The second-order valence-electron chi connectivity index (χ2n) is 25.5. The standard InChI is InChI=1S/2C12H26N2O2.2C11H24N2O2.C9H20N2O.2C8H18N2O.C7H16N2O.C5H12N2.6CH4.9W.9Y/c1-3-5-9-16-11-7-14-12-13-6-10-15-8-4-2;1-3-5-8-15-10-7-13-11-14-12-16-9-6-4-2;1-3-7-14-9-5-12-11-13-6-10-15-8-4-2;1-3-5-8-15-11-13-10-12-6-9-14-7-4-2;1-3-5-7-12-8-6-11-9-10-4-2;2*1-3-6-11-7-5-10-8-9-4-2;1-3-5-10-7-9-6-8-4-2;1-3-6-5-7-4-2;;;;;;;;;;;;;;;;;;;;;;;;/h13-14H,3-11H2,1-2H3;13-14H,3-10,12H2,1-2H3;12-13H,3-10H2,1-2H3;12-13H,3-9,11H2,1-2H3;10-11H,3-8H2,1-2H3;2*9-10H,3-7H2,1-2H3;8-9H,3-5,7H2,1-2H3;6-7H,3-4H2,1-2H3;6*1H4;;;;;;;;;;;;;;;;;;. The normalized spacial score (nSPS) is 9.24. The molecule has 18 N–H and O–H groups in total. The topological polar surface area (TPSA) is 327 Å². The summed E-state index contributed by atoms with van der Waals surface area (Å²) in [6, 6.07) is 0. The smallest absolute Gasteiger partial charge is 0 e.